The van der Waals surface area contributed by atoms with Crippen molar-refractivity contribution in [2.24, 2.45) is 5.92 Å². The Morgan fingerprint density at radius 2 is 2.03 bits per heavy atom. The van der Waals surface area contributed by atoms with Gasteiger partial charge in [0.2, 0.25) is 10.0 Å². The topological polar surface area (TPSA) is 115 Å². The van der Waals surface area contributed by atoms with Gasteiger partial charge in [0, 0.05) is 24.7 Å². The fraction of sp³-hybridized carbons (Fsp3) is 0.524. The first kappa shape index (κ1) is 20.3. The molecule has 4 heterocycles. The number of hydrogen-bond donors (Lipinski definition) is 0. The molecule has 1 unspecified atom stereocenters. The van der Waals surface area contributed by atoms with E-state index in [2.05, 4.69) is 20.3 Å². The van der Waals surface area contributed by atoms with Crippen LogP contribution in [0.3, 0.4) is 0 Å². The summed E-state index contributed by atoms with van der Waals surface area (Å²) < 4.78 is 39.2. The molecule has 2 fully saturated rings. The van der Waals surface area contributed by atoms with Crippen molar-refractivity contribution in [1.29, 1.82) is 0 Å². The van der Waals surface area contributed by atoms with Crippen LogP contribution in [0.5, 0.6) is 0 Å². The van der Waals surface area contributed by atoms with E-state index < -0.39 is 15.4 Å². The average Bonchev–Trinajstić information content (AvgIpc) is 3.29. The van der Waals surface area contributed by atoms with Crippen LogP contribution in [0.15, 0.2) is 38.3 Å². The number of aromatic nitrogens is 4. The standard InChI is InChI=1S/C21H25N5O4S/c1-14-18(15(2)29-24-14)31(27,28)26-11-5-9-21(13-26,12-16-7-8-16)20-23-19(30-25-20)17-6-3-4-10-22-17/h3-4,6,10,16H,5,7-9,11-13H2,1-2H3. The van der Waals surface area contributed by atoms with Gasteiger partial charge < -0.3 is 9.05 Å². The Kier molecular flexibility index (Phi) is 4.93. The van der Waals surface area contributed by atoms with Crippen LogP contribution in [-0.4, -0.2) is 46.1 Å². The fourth-order valence-corrected chi connectivity index (χ4v) is 6.47. The predicted octanol–water partition coefficient (Wildman–Crippen LogP) is 3.26. The average molecular weight is 444 g/mol. The Morgan fingerprint density at radius 1 is 1.19 bits per heavy atom. The summed E-state index contributed by atoms with van der Waals surface area (Å²) in [6.45, 7) is 4.05. The van der Waals surface area contributed by atoms with E-state index in [0.717, 1.165) is 32.1 Å². The highest BCUT2D eigenvalue weighted by atomic mass is 32.2. The highest BCUT2D eigenvalue weighted by Crippen LogP contribution is 2.46. The van der Waals surface area contributed by atoms with Crippen LogP contribution in [0.25, 0.3) is 11.6 Å². The molecular weight excluding hydrogens is 418 g/mol. The monoisotopic (exact) mass is 443 g/mol. The maximum Gasteiger partial charge on any atom is 0.276 e. The van der Waals surface area contributed by atoms with Crippen LogP contribution in [0, 0.1) is 19.8 Å². The highest BCUT2D eigenvalue weighted by Gasteiger charge is 2.48. The lowest BCUT2D eigenvalue weighted by molar-refractivity contribution is 0.190. The van der Waals surface area contributed by atoms with Gasteiger partial charge in [-0.1, -0.05) is 29.2 Å². The number of rotatable bonds is 6. The van der Waals surface area contributed by atoms with Gasteiger partial charge in [0.05, 0.1) is 0 Å². The molecule has 0 aromatic carbocycles. The van der Waals surface area contributed by atoms with Gasteiger partial charge in [0.25, 0.3) is 5.89 Å². The first-order chi connectivity index (χ1) is 14.9. The summed E-state index contributed by atoms with van der Waals surface area (Å²) in [4.78, 5) is 9.13. The van der Waals surface area contributed by atoms with E-state index in [0.29, 0.717) is 47.9 Å². The third kappa shape index (κ3) is 3.67. The lowest BCUT2D eigenvalue weighted by Gasteiger charge is -2.40. The first-order valence-corrected chi connectivity index (χ1v) is 12.0. The van der Waals surface area contributed by atoms with Crippen molar-refractivity contribution in [2.45, 2.75) is 56.3 Å². The third-order valence-corrected chi connectivity index (χ3v) is 8.36. The summed E-state index contributed by atoms with van der Waals surface area (Å²) in [6.07, 6.45) is 6.38. The molecule has 1 saturated carbocycles. The van der Waals surface area contributed by atoms with Gasteiger partial charge in [0.15, 0.2) is 11.6 Å². The minimum Gasteiger partial charge on any atom is -0.360 e. The minimum absolute atomic E-state index is 0.164. The van der Waals surface area contributed by atoms with Crippen molar-refractivity contribution in [3.8, 4) is 11.6 Å². The molecule has 1 aliphatic carbocycles. The third-order valence-electron chi connectivity index (χ3n) is 6.27. The molecule has 10 heteroatoms. The summed E-state index contributed by atoms with van der Waals surface area (Å²) in [6, 6.07) is 5.51. The zero-order valence-corrected chi connectivity index (χ0v) is 18.4. The molecule has 3 aromatic heterocycles. The SMILES string of the molecule is Cc1noc(C)c1S(=O)(=O)N1CCCC(CC2CC2)(c2noc(-c3ccccn3)n2)C1. The number of piperidine rings is 1. The molecule has 2 aliphatic rings. The zero-order valence-electron chi connectivity index (χ0n) is 17.6. The van der Waals surface area contributed by atoms with Crippen LogP contribution in [0.4, 0.5) is 0 Å². The lowest BCUT2D eigenvalue weighted by Crippen LogP contribution is -2.49. The lowest BCUT2D eigenvalue weighted by atomic mass is 9.75. The smallest absolute Gasteiger partial charge is 0.276 e. The highest BCUT2D eigenvalue weighted by molar-refractivity contribution is 7.89. The maximum atomic E-state index is 13.5. The van der Waals surface area contributed by atoms with Crippen molar-refractivity contribution in [3.05, 3.63) is 41.7 Å². The van der Waals surface area contributed by atoms with E-state index >= 15 is 0 Å². The van der Waals surface area contributed by atoms with Crippen LogP contribution in [0.1, 0.15) is 49.4 Å². The van der Waals surface area contributed by atoms with Crippen molar-refractivity contribution in [3.63, 3.8) is 0 Å². The van der Waals surface area contributed by atoms with Crippen LogP contribution in [-0.2, 0) is 15.4 Å². The second-order valence-electron chi connectivity index (χ2n) is 8.66. The Balaban J connectivity index is 1.51. The number of nitrogens with zero attached hydrogens (tertiary/aromatic N) is 5. The normalized spacial score (nSPS) is 22.6. The first-order valence-electron chi connectivity index (χ1n) is 10.6. The van der Waals surface area contributed by atoms with Gasteiger partial charge in [-0.15, -0.1) is 0 Å². The number of pyridine rings is 1. The van der Waals surface area contributed by atoms with Gasteiger partial charge in [-0.25, -0.2) is 8.42 Å². The number of sulfonamides is 1. The Labute approximate surface area is 180 Å². The summed E-state index contributed by atoms with van der Waals surface area (Å²) in [5.74, 6) is 1.81. The van der Waals surface area contributed by atoms with E-state index in [4.69, 9.17) is 9.05 Å². The van der Waals surface area contributed by atoms with Crippen molar-refractivity contribution < 1.29 is 17.5 Å². The van der Waals surface area contributed by atoms with Crippen LogP contribution >= 0.6 is 0 Å². The van der Waals surface area contributed by atoms with Crippen LogP contribution < -0.4 is 0 Å². The second kappa shape index (κ2) is 7.52. The second-order valence-corrected chi connectivity index (χ2v) is 10.5. The fourth-order valence-electron chi connectivity index (χ4n) is 4.61. The maximum absolute atomic E-state index is 13.5. The van der Waals surface area contributed by atoms with Gasteiger partial charge >= 0.3 is 0 Å². The van der Waals surface area contributed by atoms with Crippen molar-refractivity contribution >= 4 is 10.0 Å². The number of hydrogen-bond acceptors (Lipinski definition) is 8. The quantitative estimate of drug-likeness (QED) is 0.570. The Morgan fingerprint density at radius 3 is 2.71 bits per heavy atom. The minimum atomic E-state index is -3.74. The molecule has 1 atom stereocenters. The van der Waals surface area contributed by atoms with E-state index in [1.165, 1.54) is 0 Å². The number of aryl methyl sites for hydroxylation is 2. The molecule has 0 spiro atoms. The molecule has 0 N–H and O–H groups in total. The summed E-state index contributed by atoms with van der Waals surface area (Å²) >= 11 is 0. The van der Waals surface area contributed by atoms with E-state index in [-0.39, 0.29) is 4.90 Å². The van der Waals surface area contributed by atoms with E-state index in [1.807, 2.05) is 18.2 Å². The zero-order chi connectivity index (χ0) is 21.6. The van der Waals surface area contributed by atoms with E-state index in [9.17, 15) is 8.42 Å². The van der Waals surface area contributed by atoms with Gasteiger partial charge in [0.1, 0.15) is 16.3 Å². The van der Waals surface area contributed by atoms with Crippen molar-refractivity contribution in [1.82, 2.24) is 24.6 Å². The molecular formula is C21H25N5O4S. The summed E-state index contributed by atoms with van der Waals surface area (Å²) in [5.41, 5.74) is 0.508. The molecule has 31 heavy (non-hydrogen) atoms. The molecule has 1 aliphatic heterocycles. The molecule has 164 valence electrons. The summed E-state index contributed by atoms with van der Waals surface area (Å²) in [5, 5.41) is 8.14. The Hall–Kier alpha value is -2.59. The molecule has 0 bridgehead atoms. The molecule has 9 nitrogen and oxygen atoms in total. The molecule has 3 aromatic rings. The predicted molar refractivity (Wildman–Crippen MR) is 111 cm³/mol. The van der Waals surface area contributed by atoms with Gasteiger partial charge in [-0.05, 0) is 51.2 Å². The van der Waals surface area contributed by atoms with Crippen molar-refractivity contribution in [2.75, 3.05) is 13.1 Å². The summed E-state index contributed by atoms with van der Waals surface area (Å²) in [7, 11) is -3.74. The molecule has 1 saturated heterocycles. The van der Waals surface area contributed by atoms with E-state index in [1.54, 1.807) is 24.3 Å². The molecule has 5 rings (SSSR count). The van der Waals surface area contributed by atoms with Gasteiger partial charge in [-0.2, -0.15) is 9.29 Å². The molecule has 0 amide bonds. The Bertz CT molecular complexity index is 1170. The van der Waals surface area contributed by atoms with Crippen LogP contribution in [0.2, 0.25) is 0 Å². The van der Waals surface area contributed by atoms with Gasteiger partial charge in [-0.3, -0.25) is 4.98 Å². The molecule has 0 radical (unpaired) electrons. The largest absolute Gasteiger partial charge is 0.360 e.